The first kappa shape index (κ1) is 23.7. The van der Waals surface area contributed by atoms with Gasteiger partial charge < -0.3 is 10.0 Å². The number of anilines is 2. The van der Waals surface area contributed by atoms with Crippen LogP contribution in [0.25, 0.3) is 22.3 Å². The number of fused-ring (bicyclic) bond motifs is 1. The molecule has 0 bridgehead atoms. The van der Waals surface area contributed by atoms with Gasteiger partial charge in [-0.15, -0.1) is 0 Å². The first-order valence-electron chi connectivity index (χ1n) is 11.5. The van der Waals surface area contributed by atoms with Gasteiger partial charge in [0.2, 0.25) is 0 Å². The molecule has 1 fully saturated rings. The number of H-pyrrole nitrogens is 1. The number of aromatic nitrogens is 4. The first-order valence-corrected chi connectivity index (χ1v) is 12.9. The van der Waals surface area contributed by atoms with Crippen LogP contribution in [0.15, 0.2) is 54.9 Å². The van der Waals surface area contributed by atoms with Crippen LogP contribution >= 0.6 is 0 Å². The fourth-order valence-corrected chi connectivity index (χ4v) is 5.44. The van der Waals surface area contributed by atoms with Crippen molar-refractivity contribution in [3.8, 4) is 11.3 Å². The molecule has 4 heterocycles. The largest absolute Gasteiger partial charge is 0.478 e. The molecular formula is C24H25N7O4S. The molecular weight excluding hydrogens is 482 g/mol. The third kappa shape index (κ3) is 4.60. The summed E-state index contributed by atoms with van der Waals surface area (Å²) >= 11 is 0. The molecule has 36 heavy (non-hydrogen) atoms. The van der Waals surface area contributed by atoms with Gasteiger partial charge in [0.05, 0.1) is 28.5 Å². The third-order valence-electron chi connectivity index (χ3n) is 6.20. The van der Waals surface area contributed by atoms with Gasteiger partial charge >= 0.3 is 16.2 Å². The van der Waals surface area contributed by atoms with Crippen molar-refractivity contribution in [1.82, 2.24) is 24.5 Å². The summed E-state index contributed by atoms with van der Waals surface area (Å²) in [6.45, 7) is 3.20. The van der Waals surface area contributed by atoms with Crippen LogP contribution in [0.4, 0.5) is 11.5 Å². The van der Waals surface area contributed by atoms with Gasteiger partial charge in [-0.05, 0) is 30.2 Å². The van der Waals surface area contributed by atoms with Crippen molar-refractivity contribution in [1.29, 1.82) is 0 Å². The van der Waals surface area contributed by atoms with Gasteiger partial charge in [-0.1, -0.05) is 31.2 Å². The van der Waals surface area contributed by atoms with Gasteiger partial charge in [0.1, 0.15) is 5.82 Å². The second-order valence-electron chi connectivity index (χ2n) is 8.42. The molecule has 11 nitrogen and oxygen atoms in total. The van der Waals surface area contributed by atoms with Gasteiger partial charge in [-0.2, -0.15) is 17.8 Å². The number of aromatic carboxylic acids is 1. The fraction of sp³-hybridized carbons (Fsp3) is 0.250. The zero-order chi connectivity index (χ0) is 25.3. The number of nitrogens with one attached hydrogen (secondary N) is 2. The minimum Gasteiger partial charge on any atom is -0.478 e. The predicted molar refractivity (Wildman–Crippen MR) is 136 cm³/mol. The highest BCUT2D eigenvalue weighted by Crippen LogP contribution is 2.31. The molecule has 5 rings (SSSR count). The lowest BCUT2D eigenvalue weighted by Gasteiger charge is -2.34. The normalized spacial score (nSPS) is 14.8. The van der Waals surface area contributed by atoms with E-state index in [1.165, 1.54) is 22.1 Å². The lowest BCUT2D eigenvalue weighted by Crippen LogP contribution is -2.50. The Hall–Kier alpha value is -4.03. The number of hydrogen-bond acceptors (Lipinski definition) is 7. The van der Waals surface area contributed by atoms with Gasteiger partial charge in [-0.25, -0.2) is 9.78 Å². The highest BCUT2D eigenvalue weighted by molar-refractivity contribution is 7.90. The number of carboxylic acids is 1. The molecule has 0 spiro atoms. The van der Waals surface area contributed by atoms with Crippen molar-refractivity contribution in [3.05, 3.63) is 66.0 Å². The van der Waals surface area contributed by atoms with E-state index < -0.39 is 16.2 Å². The summed E-state index contributed by atoms with van der Waals surface area (Å²) in [6, 6.07) is 12.7. The molecule has 1 aliphatic rings. The van der Waals surface area contributed by atoms with E-state index in [4.69, 9.17) is 0 Å². The molecule has 4 aromatic rings. The van der Waals surface area contributed by atoms with Gasteiger partial charge in [0, 0.05) is 37.9 Å². The summed E-state index contributed by atoms with van der Waals surface area (Å²) in [5.74, 6) is -0.644. The number of aryl methyl sites for hydroxylation is 1. The van der Waals surface area contributed by atoms with E-state index in [0.717, 1.165) is 12.0 Å². The van der Waals surface area contributed by atoms with Crippen LogP contribution < -0.4 is 9.62 Å². The minimum absolute atomic E-state index is 0.0895. The fourth-order valence-electron chi connectivity index (χ4n) is 4.25. The number of carbonyl (C=O) groups is 1. The van der Waals surface area contributed by atoms with Crippen molar-refractivity contribution in [2.45, 2.75) is 13.3 Å². The summed E-state index contributed by atoms with van der Waals surface area (Å²) in [4.78, 5) is 22.6. The Morgan fingerprint density at radius 2 is 1.89 bits per heavy atom. The zero-order valence-corrected chi connectivity index (χ0v) is 20.4. The molecule has 0 amide bonds. The van der Waals surface area contributed by atoms with E-state index in [2.05, 4.69) is 31.8 Å². The molecule has 1 aromatic carbocycles. The van der Waals surface area contributed by atoms with Crippen molar-refractivity contribution in [3.63, 3.8) is 0 Å². The first-order chi connectivity index (χ1) is 17.4. The summed E-state index contributed by atoms with van der Waals surface area (Å²) < 4.78 is 29.4. The monoisotopic (exact) mass is 507 g/mol. The van der Waals surface area contributed by atoms with Crippen LogP contribution in [0.1, 0.15) is 22.8 Å². The quantitative estimate of drug-likeness (QED) is 0.346. The summed E-state index contributed by atoms with van der Waals surface area (Å²) in [7, 11) is -3.75. The third-order valence-corrected chi connectivity index (χ3v) is 7.74. The average molecular weight is 508 g/mol. The second-order valence-corrected chi connectivity index (χ2v) is 10.1. The zero-order valence-electron chi connectivity index (χ0n) is 19.5. The van der Waals surface area contributed by atoms with E-state index >= 15 is 0 Å². The summed E-state index contributed by atoms with van der Waals surface area (Å²) in [6.07, 6.45) is 3.91. The number of rotatable bonds is 7. The maximum absolute atomic E-state index is 12.8. The average Bonchev–Trinajstić information content (AvgIpc) is 3.32. The number of carboxylic acid groups (broad SMARTS) is 1. The smallest absolute Gasteiger partial charge is 0.336 e. The maximum atomic E-state index is 12.8. The van der Waals surface area contributed by atoms with Gasteiger partial charge in [0.25, 0.3) is 0 Å². The molecule has 1 aliphatic heterocycles. The molecule has 12 heteroatoms. The lowest BCUT2D eigenvalue weighted by molar-refractivity contribution is 0.0699. The molecule has 3 N–H and O–H groups in total. The van der Waals surface area contributed by atoms with Gasteiger partial charge in [-0.3, -0.25) is 14.8 Å². The molecule has 0 radical (unpaired) electrons. The van der Waals surface area contributed by atoms with Crippen LogP contribution in [0, 0.1) is 0 Å². The van der Waals surface area contributed by atoms with Crippen LogP contribution in [0.2, 0.25) is 0 Å². The number of aromatic amines is 1. The summed E-state index contributed by atoms with van der Waals surface area (Å²) in [5, 5.41) is 17.7. The highest BCUT2D eigenvalue weighted by Gasteiger charge is 2.29. The Balaban J connectivity index is 1.39. The van der Waals surface area contributed by atoms with E-state index in [9.17, 15) is 18.3 Å². The maximum Gasteiger partial charge on any atom is 0.336 e. The van der Waals surface area contributed by atoms with E-state index in [1.54, 1.807) is 18.3 Å². The number of piperazine rings is 1. The molecule has 1 saturated heterocycles. The summed E-state index contributed by atoms with van der Waals surface area (Å²) in [5.41, 5.74) is 3.38. The van der Waals surface area contributed by atoms with Crippen molar-refractivity contribution >= 4 is 38.7 Å². The van der Waals surface area contributed by atoms with Crippen LogP contribution in [-0.2, 0) is 16.6 Å². The topological polar surface area (TPSA) is 144 Å². The van der Waals surface area contributed by atoms with Crippen molar-refractivity contribution < 1.29 is 18.3 Å². The Labute approximate surface area is 208 Å². The van der Waals surface area contributed by atoms with E-state index in [-0.39, 0.29) is 18.7 Å². The number of pyridine rings is 2. The minimum atomic E-state index is -3.75. The lowest BCUT2D eigenvalue weighted by atomic mass is 10.0. The van der Waals surface area contributed by atoms with E-state index in [0.29, 0.717) is 41.3 Å². The van der Waals surface area contributed by atoms with Crippen LogP contribution in [0.5, 0.6) is 0 Å². The number of nitrogens with zero attached hydrogens (tertiary/aromatic N) is 5. The van der Waals surface area contributed by atoms with E-state index in [1.807, 2.05) is 29.2 Å². The van der Waals surface area contributed by atoms with Crippen molar-refractivity contribution in [2.75, 3.05) is 35.8 Å². The van der Waals surface area contributed by atoms with Gasteiger partial charge in [0.15, 0.2) is 5.65 Å². The Morgan fingerprint density at radius 3 is 2.53 bits per heavy atom. The molecule has 3 aromatic heterocycles. The molecule has 186 valence electrons. The molecule has 0 aliphatic carbocycles. The molecule has 0 atom stereocenters. The second kappa shape index (κ2) is 9.55. The Bertz CT molecular complexity index is 1500. The van der Waals surface area contributed by atoms with Crippen molar-refractivity contribution in [2.24, 2.45) is 0 Å². The molecule has 0 unspecified atom stereocenters. The highest BCUT2D eigenvalue weighted by atomic mass is 32.2. The Kier molecular flexibility index (Phi) is 6.29. The molecule has 0 saturated carbocycles. The van der Waals surface area contributed by atoms with Crippen LogP contribution in [0.3, 0.4) is 0 Å². The number of hydrogen-bond donors (Lipinski definition) is 3. The predicted octanol–water partition coefficient (Wildman–Crippen LogP) is 2.76. The Morgan fingerprint density at radius 1 is 1.14 bits per heavy atom. The number of benzene rings is 1. The standard InChI is InChI=1S/C24H25N7O4S/c1-2-16-5-7-17(8-6-16)22-21-19(24(32)33)14-20(26-23(21)28-27-22)30-10-12-31(13-11-30)36(34,35)29-18-4-3-9-25-15-18/h3-9,14-15,29H,2,10-13H2,1H3,(H,32,33)(H,26,27,28). The van der Waals surface area contributed by atoms with Crippen LogP contribution in [-0.4, -0.2) is 70.1 Å². The SMILES string of the molecule is CCc1ccc(-c2[nH]nc3nc(N4CCN(S(=O)(=O)Nc5cccnc5)CC4)cc(C(=O)O)c23)cc1.